The van der Waals surface area contributed by atoms with Crippen molar-refractivity contribution in [3.63, 3.8) is 0 Å². The van der Waals surface area contributed by atoms with E-state index in [1.54, 1.807) is 0 Å². The van der Waals surface area contributed by atoms with Gasteiger partial charge < -0.3 is 0 Å². The number of alkyl halides is 2. The van der Waals surface area contributed by atoms with Crippen LogP contribution in [0, 0.1) is 0 Å². The Morgan fingerprint density at radius 3 is 2.47 bits per heavy atom. The fraction of sp³-hybridized carbons (Fsp3) is 0.200. The highest BCUT2D eigenvalue weighted by molar-refractivity contribution is 9.10. The molecule has 0 aliphatic heterocycles. The molecule has 2 heteroatoms. The molecule has 0 bridgehead atoms. The van der Waals surface area contributed by atoms with Crippen LogP contribution in [0.25, 0.3) is 11.1 Å². The summed E-state index contributed by atoms with van der Waals surface area (Å²) in [5.74, 6) is 0. The highest BCUT2D eigenvalue weighted by Gasteiger charge is 2.02. The fourth-order valence-electron chi connectivity index (χ4n) is 1.73. The minimum atomic E-state index is -0.335. The molecular formula is C15H14BrCl. The van der Waals surface area contributed by atoms with Crippen molar-refractivity contribution in [2.75, 3.05) is 0 Å². The summed E-state index contributed by atoms with van der Waals surface area (Å²) in [5.41, 5.74) is 3.52. The lowest BCUT2D eigenvalue weighted by Crippen LogP contribution is -1.91. The summed E-state index contributed by atoms with van der Waals surface area (Å²) in [6.45, 7) is 0. The number of benzene rings is 2. The Hall–Kier alpha value is -0.790. The summed E-state index contributed by atoms with van der Waals surface area (Å²) >= 11 is 9.10. The number of hydrogen-bond acceptors (Lipinski definition) is 0. The van der Waals surface area contributed by atoms with Crippen LogP contribution in [0.4, 0.5) is 0 Å². The summed E-state index contributed by atoms with van der Waals surface area (Å²) in [6, 6.07) is 18.5. The highest BCUT2D eigenvalue weighted by atomic mass is 79.9. The van der Waals surface area contributed by atoms with Crippen molar-refractivity contribution in [3.8, 4) is 11.1 Å². The SMILES string of the molecule is [2H]C(Cc1cccc(-c2ccccc2)c1)C(Cl)Br. The van der Waals surface area contributed by atoms with Crippen LogP contribution in [-0.4, -0.2) is 4.29 Å². The molecular weight excluding hydrogens is 296 g/mol. The fourth-order valence-corrected chi connectivity index (χ4v) is 2.01. The Morgan fingerprint density at radius 1 is 1.06 bits per heavy atom. The van der Waals surface area contributed by atoms with E-state index in [1.807, 2.05) is 30.3 Å². The van der Waals surface area contributed by atoms with E-state index >= 15 is 0 Å². The standard InChI is InChI=1S/C15H14BrCl/c16-15(17)10-9-12-5-4-8-14(11-12)13-6-2-1-3-7-13/h1-8,11,15H,9-10H2/i10D. The van der Waals surface area contributed by atoms with Crippen molar-refractivity contribution in [1.29, 1.82) is 0 Å². The van der Waals surface area contributed by atoms with Crippen LogP contribution in [0.3, 0.4) is 0 Å². The van der Waals surface area contributed by atoms with Gasteiger partial charge in [-0.15, -0.1) is 11.6 Å². The molecule has 2 atom stereocenters. The maximum absolute atomic E-state index is 7.86. The predicted octanol–water partition coefficient (Wildman–Crippen LogP) is 5.25. The normalized spacial score (nSPS) is 15.1. The first-order chi connectivity index (χ1) is 8.66. The van der Waals surface area contributed by atoms with Gasteiger partial charge in [0.1, 0.15) is 0 Å². The molecule has 0 radical (unpaired) electrons. The molecule has 0 fully saturated rings. The molecule has 88 valence electrons. The molecule has 2 aromatic rings. The minimum Gasteiger partial charge on any atom is -0.110 e. The summed E-state index contributed by atoms with van der Waals surface area (Å²) in [6.07, 6.45) is 0.317. The third-order valence-corrected chi connectivity index (χ3v) is 3.12. The second-order valence-corrected chi connectivity index (χ2v) is 5.82. The molecule has 2 unspecified atom stereocenters. The van der Waals surface area contributed by atoms with Crippen LogP contribution < -0.4 is 0 Å². The summed E-state index contributed by atoms with van der Waals surface area (Å²) in [5, 5.41) is 0. The van der Waals surface area contributed by atoms with Gasteiger partial charge in [0.2, 0.25) is 0 Å². The molecule has 0 saturated carbocycles. The van der Waals surface area contributed by atoms with E-state index in [0.717, 1.165) is 5.56 Å². The average molecular weight is 311 g/mol. The van der Waals surface area contributed by atoms with E-state index in [9.17, 15) is 0 Å². The van der Waals surface area contributed by atoms with Crippen LogP contribution in [0.15, 0.2) is 54.6 Å². The Labute approximate surface area is 117 Å². The van der Waals surface area contributed by atoms with Crippen LogP contribution >= 0.6 is 27.5 Å². The smallest absolute Gasteiger partial charge is 0.0889 e. The van der Waals surface area contributed by atoms with E-state index in [4.69, 9.17) is 13.0 Å². The summed E-state index contributed by atoms with van der Waals surface area (Å²) in [4.78, 5) is 0. The molecule has 0 aromatic heterocycles. The summed E-state index contributed by atoms with van der Waals surface area (Å²) in [7, 11) is 0. The van der Waals surface area contributed by atoms with Crippen molar-refractivity contribution < 1.29 is 1.37 Å². The zero-order valence-corrected chi connectivity index (χ0v) is 11.7. The third kappa shape index (κ3) is 3.86. The van der Waals surface area contributed by atoms with Crippen LogP contribution in [0.1, 0.15) is 13.3 Å². The van der Waals surface area contributed by atoms with Crippen LogP contribution in [0.5, 0.6) is 0 Å². The van der Waals surface area contributed by atoms with E-state index in [2.05, 4.69) is 40.2 Å². The Kier molecular flexibility index (Phi) is 4.14. The molecule has 0 amide bonds. The lowest BCUT2D eigenvalue weighted by molar-refractivity contribution is 0.906. The van der Waals surface area contributed by atoms with Crippen molar-refractivity contribution in [3.05, 3.63) is 60.2 Å². The average Bonchev–Trinajstić information content (AvgIpc) is 2.40. The Bertz CT molecular complexity index is 499. The van der Waals surface area contributed by atoms with Crippen LogP contribution in [-0.2, 0) is 6.42 Å². The van der Waals surface area contributed by atoms with Gasteiger partial charge in [-0.2, -0.15) is 0 Å². The van der Waals surface area contributed by atoms with E-state index in [-0.39, 0.29) is 10.7 Å². The monoisotopic (exact) mass is 309 g/mol. The third-order valence-electron chi connectivity index (χ3n) is 2.57. The molecule has 17 heavy (non-hydrogen) atoms. The van der Waals surface area contributed by atoms with Crippen LogP contribution in [0.2, 0.25) is 0 Å². The van der Waals surface area contributed by atoms with E-state index < -0.39 is 0 Å². The predicted molar refractivity (Wildman–Crippen MR) is 78.8 cm³/mol. The van der Waals surface area contributed by atoms with E-state index in [0.29, 0.717) is 6.42 Å². The zero-order chi connectivity index (χ0) is 13.0. The van der Waals surface area contributed by atoms with Gasteiger partial charge in [0.15, 0.2) is 0 Å². The quantitative estimate of drug-likeness (QED) is 0.677. The van der Waals surface area contributed by atoms with Gasteiger partial charge >= 0.3 is 0 Å². The molecule has 0 nitrogen and oxygen atoms in total. The van der Waals surface area contributed by atoms with Gasteiger partial charge in [0.05, 0.1) is 4.29 Å². The van der Waals surface area contributed by atoms with Crippen molar-refractivity contribution in [1.82, 2.24) is 0 Å². The Balaban J connectivity index is 2.21. The molecule has 0 spiro atoms. The number of rotatable bonds is 4. The second-order valence-electron chi connectivity index (χ2n) is 3.84. The molecule has 0 aliphatic rings. The molecule has 0 aliphatic carbocycles. The van der Waals surface area contributed by atoms with Gasteiger partial charge in [-0.25, -0.2) is 0 Å². The van der Waals surface area contributed by atoms with E-state index in [1.165, 1.54) is 11.1 Å². The first kappa shape index (κ1) is 11.3. The maximum atomic E-state index is 7.86. The summed E-state index contributed by atoms with van der Waals surface area (Å²) < 4.78 is 7.55. The molecule has 0 heterocycles. The van der Waals surface area contributed by atoms with Gasteiger partial charge in [-0.3, -0.25) is 0 Å². The number of hydrogen-bond donors (Lipinski definition) is 0. The molecule has 2 aromatic carbocycles. The largest absolute Gasteiger partial charge is 0.110 e. The molecule has 0 saturated heterocycles. The topological polar surface area (TPSA) is 0 Å². The minimum absolute atomic E-state index is 0.308. The van der Waals surface area contributed by atoms with Gasteiger partial charge in [0, 0.05) is 1.37 Å². The molecule has 2 rings (SSSR count). The lowest BCUT2D eigenvalue weighted by Gasteiger charge is -2.06. The first-order valence-corrected chi connectivity index (χ1v) is 6.87. The van der Waals surface area contributed by atoms with Crippen molar-refractivity contribution in [2.24, 2.45) is 0 Å². The van der Waals surface area contributed by atoms with Crippen molar-refractivity contribution in [2.45, 2.75) is 17.1 Å². The van der Waals surface area contributed by atoms with Crippen molar-refractivity contribution >= 4 is 27.5 Å². The van der Waals surface area contributed by atoms with Gasteiger partial charge in [0.25, 0.3) is 0 Å². The molecule has 0 N–H and O–H groups in total. The number of halogens is 2. The maximum Gasteiger partial charge on any atom is 0.0889 e. The second kappa shape index (κ2) is 6.23. The number of aryl methyl sites for hydroxylation is 1. The first-order valence-electron chi connectivity index (χ1n) is 6.09. The Morgan fingerprint density at radius 2 is 1.76 bits per heavy atom. The van der Waals surface area contributed by atoms with Gasteiger partial charge in [-0.1, -0.05) is 70.5 Å². The zero-order valence-electron chi connectivity index (χ0n) is 10.3. The lowest BCUT2D eigenvalue weighted by atomic mass is 10.0. The highest BCUT2D eigenvalue weighted by Crippen LogP contribution is 2.21. The van der Waals surface area contributed by atoms with Gasteiger partial charge in [-0.05, 0) is 29.5 Å².